The predicted octanol–water partition coefficient (Wildman–Crippen LogP) is 2.36. The number of ether oxygens (including phenoxy) is 1. The number of benzene rings is 1. The van der Waals surface area contributed by atoms with E-state index in [-0.39, 0.29) is 12.1 Å². The molecule has 0 aromatic heterocycles. The maximum absolute atomic E-state index is 12.7. The number of carbonyl (C=O) groups is 2. The number of hydrogen-bond acceptors (Lipinski definition) is 5. The Morgan fingerprint density at radius 2 is 2.08 bits per heavy atom. The highest BCUT2D eigenvalue weighted by molar-refractivity contribution is 8.15. The Kier molecular flexibility index (Phi) is 5.52. The second kappa shape index (κ2) is 7.67. The highest BCUT2D eigenvalue weighted by atomic mass is 32.2. The molecule has 1 aromatic rings. The molecular formula is C16H16F3N3O3S. The molecule has 2 aliphatic heterocycles. The molecular weight excluding hydrogens is 371 g/mol. The van der Waals surface area contributed by atoms with Crippen LogP contribution in [0.2, 0.25) is 0 Å². The van der Waals surface area contributed by atoms with Crippen LogP contribution < -0.4 is 5.32 Å². The summed E-state index contributed by atoms with van der Waals surface area (Å²) in [6, 6.07) is 4.37. The fourth-order valence-corrected chi connectivity index (χ4v) is 3.67. The molecule has 0 unspecified atom stereocenters. The summed E-state index contributed by atoms with van der Waals surface area (Å²) in [6.45, 7) is 2.35. The number of alkyl halides is 3. The van der Waals surface area contributed by atoms with Crippen LogP contribution in [0.25, 0.3) is 0 Å². The number of halogens is 3. The van der Waals surface area contributed by atoms with Crippen molar-refractivity contribution in [3.63, 3.8) is 0 Å². The quantitative estimate of drug-likeness (QED) is 0.862. The van der Waals surface area contributed by atoms with Gasteiger partial charge in [0.25, 0.3) is 5.91 Å². The maximum Gasteiger partial charge on any atom is 0.416 e. The molecule has 1 aromatic carbocycles. The summed E-state index contributed by atoms with van der Waals surface area (Å²) in [5.74, 6) is -0.940. The van der Waals surface area contributed by atoms with Crippen LogP contribution in [0.1, 0.15) is 12.0 Å². The SMILES string of the molecule is O=C(C[C@@H]1SC(N2CCOCC2)=NC1=O)Nc1cccc(C(F)(F)F)c1. The number of hydrogen-bond donors (Lipinski definition) is 1. The zero-order chi connectivity index (χ0) is 18.7. The Labute approximate surface area is 151 Å². The Bertz CT molecular complexity index is 733. The molecule has 6 nitrogen and oxygen atoms in total. The summed E-state index contributed by atoms with van der Waals surface area (Å²) in [4.78, 5) is 30.0. The highest BCUT2D eigenvalue weighted by Gasteiger charge is 2.34. The molecule has 1 atom stereocenters. The summed E-state index contributed by atoms with van der Waals surface area (Å²) in [5, 5.41) is 2.30. The van der Waals surface area contributed by atoms with E-state index < -0.39 is 28.8 Å². The standard InChI is InChI=1S/C16H16F3N3O3S/c17-16(18,19)10-2-1-3-11(8-10)20-13(23)9-12-14(24)21-15(26-12)22-4-6-25-7-5-22/h1-3,8,12H,4-7,9H2,(H,20,23)/t12-/m0/s1. The Balaban J connectivity index is 1.57. The molecule has 0 radical (unpaired) electrons. The summed E-state index contributed by atoms with van der Waals surface area (Å²) in [6.07, 6.45) is -4.64. The van der Waals surface area contributed by atoms with Gasteiger partial charge in [-0.05, 0) is 18.2 Å². The van der Waals surface area contributed by atoms with E-state index in [1.165, 1.54) is 23.9 Å². The minimum absolute atomic E-state index is 0.0367. The van der Waals surface area contributed by atoms with Gasteiger partial charge in [-0.15, -0.1) is 0 Å². The number of thioether (sulfide) groups is 1. The Morgan fingerprint density at radius 1 is 1.35 bits per heavy atom. The molecule has 1 N–H and O–H groups in total. The molecule has 10 heteroatoms. The number of nitrogens with one attached hydrogen (secondary N) is 1. The topological polar surface area (TPSA) is 71.0 Å². The van der Waals surface area contributed by atoms with Crippen molar-refractivity contribution in [1.82, 2.24) is 4.90 Å². The van der Waals surface area contributed by atoms with Gasteiger partial charge in [-0.25, -0.2) is 0 Å². The van der Waals surface area contributed by atoms with Crippen molar-refractivity contribution in [3.8, 4) is 0 Å². The Morgan fingerprint density at radius 3 is 2.77 bits per heavy atom. The van der Waals surface area contributed by atoms with Crippen LogP contribution >= 0.6 is 11.8 Å². The summed E-state index contributed by atoms with van der Waals surface area (Å²) < 4.78 is 43.4. The van der Waals surface area contributed by atoms with Crippen LogP contribution in [-0.2, 0) is 20.5 Å². The largest absolute Gasteiger partial charge is 0.416 e. The number of aliphatic imine (C=N–C) groups is 1. The normalized spacial score (nSPS) is 20.9. The van der Waals surface area contributed by atoms with Crippen molar-refractivity contribution in [2.24, 2.45) is 4.99 Å². The van der Waals surface area contributed by atoms with Gasteiger partial charge in [-0.3, -0.25) is 9.59 Å². The molecule has 0 spiro atoms. The van der Waals surface area contributed by atoms with Crippen molar-refractivity contribution >= 4 is 34.4 Å². The van der Waals surface area contributed by atoms with Crippen molar-refractivity contribution in [2.45, 2.75) is 17.8 Å². The summed E-state index contributed by atoms with van der Waals surface area (Å²) in [5.41, 5.74) is -0.811. The molecule has 1 fully saturated rings. The molecule has 0 bridgehead atoms. The number of amides is 2. The summed E-state index contributed by atoms with van der Waals surface area (Å²) in [7, 11) is 0. The van der Waals surface area contributed by atoms with E-state index in [4.69, 9.17) is 4.74 Å². The van der Waals surface area contributed by atoms with Crippen molar-refractivity contribution in [2.75, 3.05) is 31.6 Å². The first-order valence-corrected chi connectivity index (χ1v) is 8.80. The maximum atomic E-state index is 12.7. The van der Waals surface area contributed by atoms with Gasteiger partial charge in [-0.2, -0.15) is 18.2 Å². The van der Waals surface area contributed by atoms with E-state index in [0.717, 1.165) is 12.1 Å². The van der Waals surface area contributed by atoms with Gasteiger partial charge in [0.1, 0.15) is 5.25 Å². The van der Waals surface area contributed by atoms with Gasteiger partial charge in [-0.1, -0.05) is 17.8 Å². The zero-order valence-corrected chi connectivity index (χ0v) is 14.4. The third kappa shape index (κ3) is 4.55. The molecule has 2 amide bonds. The fraction of sp³-hybridized carbons (Fsp3) is 0.438. The average molecular weight is 387 g/mol. The van der Waals surface area contributed by atoms with Gasteiger partial charge < -0.3 is 15.0 Å². The van der Waals surface area contributed by atoms with Gasteiger partial charge in [0, 0.05) is 25.2 Å². The number of amidine groups is 1. The van der Waals surface area contributed by atoms with Crippen LogP contribution in [0.15, 0.2) is 29.3 Å². The van der Waals surface area contributed by atoms with Crippen molar-refractivity contribution in [1.29, 1.82) is 0 Å². The lowest BCUT2D eigenvalue weighted by Crippen LogP contribution is -2.39. The van der Waals surface area contributed by atoms with E-state index in [1.807, 2.05) is 4.90 Å². The first-order chi connectivity index (χ1) is 12.3. The molecule has 1 saturated heterocycles. The number of rotatable bonds is 3. The molecule has 3 rings (SSSR count). The monoisotopic (exact) mass is 387 g/mol. The van der Waals surface area contributed by atoms with Gasteiger partial charge in [0.2, 0.25) is 5.91 Å². The van der Waals surface area contributed by atoms with E-state index in [9.17, 15) is 22.8 Å². The smallest absolute Gasteiger partial charge is 0.378 e. The third-order valence-corrected chi connectivity index (χ3v) is 5.07. The fourth-order valence-electron chi connectivity index (χ4n) is 2.55. The van der Waals surface area contributed by atoms with Crippen molar-refractivity contribution in [3.05, 3.63) is 29.8 Å². The zero-order valence-electron chi connectivity index (χ0n) is 13.6. The average Bonchev–Trinajstić information content (AvgIpc) is 2.96. The number of carbonyl (C=O) groups excluding carboxylic acids is 2. The number of nitrogens with zero attached hydrogens (tertiary/aromatic N) is 2. The van der Waals surface area contributed by atoms with E-state index in [1.54, 1.807) is 0 Å². The molecule has 2 heterocycles. The predicted molar refractivity (Wildman–Crippen MR) is 90.9 cm³/mol. The van der Waals surface area contributed by atoms with Gasteiger partial charge in [0.05, 0.1) is 18.8 Å². The number of morpholine rings is 1. The third-order valence-electron chi connectivity index (χ3n) is 3.85. The summed E-state index contributed by atoms with van der Waals surface area (Å²) >= 11 is 1.20. The molecule has 2 aliphatic rings. The van der Waals surface area contributed by atoms with E-state index in [0.29, 0.717) is 31.5 Å². The minimum atomic E-state index is -4.49. The molecule has 140 valence electrons. The van der Waals surface area contributed by atoms with Crippen molar-refractivity contribution < 1.29 is 27.5 Å². The Hall–Kier alpha value is -2.07. The van der Waals surface area contributed by atoms with Gasteiger partial charge in [0.15, 0.2) is 5.17 Å². The van der Waals surface area contributed by atoms with Crippen LogP contribution in [0.4, 0.5) is 18.9 Å². The lowest BCUT2D eigenvalue weighted by Gasteiger charge is -2.27. The highest BCUT2D eigenvalue weighted by Crippen LogP contribution is 2.31. The van der Waals surface area contributed by atoms with Crippen LogP contribution in [0.3, 0.4) is 0 Å². The minimum Gasteiger partial charge on any atom is -0.378 e. The lowest BCUT2D eigenvalue weighted by molar-refractivity contribution is -0.137. The van der Waals surface area contributed by atoms with E-state index in [2.05, 4.69) is 10.3 Å². The van der Waals surface area contributed by atoms with Crippen LogP contribution in [-0.4, -0.2) is 53.4 Å². The first-order valence-electron chi connectivity index (χ1n) is 7.92. The second-order valence-corrected chi connectivity index (χ2v) is 6.94. The van der Waals surface area contributed by atoms with Gasteiger partial charge >= 0.3 is 6.18 Å². The number of anilines is 1. The first kappa shape index (κ1) is 18.7. The van der Waals surface area contributed by atoms with Crippen LogP contribution in [0.5, 0.6) is 0 Å². The molecule has 0 aliphatic carbocycles. The lowest BCUT2D eigenvalue weighted by atomic mass is 10.2. The second-order valence-electron chi connectivity index (χ2n) is 5.77. The molecule has 26 heavy (non-hydrogen) atoms. The molecule has 0 saturated carbocycles. The van der Waals surface area contributed by atoms with Crippen LogP contribution in [0, 0.1) is 0 Å². The van der Waals surface area contributed by atoms with E-state index >= 15 is 0 Å².